The van der Waals surface area contributed by atoms with Gasteiger partial charge in [-0.3, -0.25) is 5.43 Å². The number of hydrogen-bond acceptors (Lipinski definition) is 4. The molecule has 6 heteroatoms. The first-order valence-electron chi connectivity index (χ1n) is 7.53. The van der Waals surface area contributed by atoms with Crippen LogP contribution in [-0.2, 0) is 9.47 Å². The van der Waals surface area contributed by atoms with Gasteiger partial charge in [-0.05, 0) is 32.6 Å². The summed E-state index contributed by atoms with van der Waals surface area (Å²) in [5.41, 5.74) is 2.62. The van der Waals surface area contributed by atoms with Crippen molar-refractivity contribution in [1.82, 2.24) is 10.7 Å². The minimum Gasteiger partial charge on any atom is -0.383 e. The quantitative estimate of drug-likeness (QED) is 0.295. The predicted octanol–water partition coefficient (Wildman–Crippen LogP) is 1.17. The molecule has 0 saturated carbocycles. The largest absolute Gasteiger partial charge is 0.383 e. The molecule has 2 atom stereocenters. The molecule has 2 unspecified atom stereocenters. The van der Waals surface area contributed by atoms with Crippen molar-refractivity contribution in [2.24, 2.45) is 10.8 Å². The Morgan fingerprint density at radius 3 is 2.75 bits per heavy atom. The molecule has 0 radical (unpaired) electrons. The Kier molecular flexibility index (Phi) is 7.26. The number of nitrogens with zero attached hydrogens (tertiary/aromatic N) is 1. The summed E-state index contributed by atoms with van der Waals surface area (Å²) < 4.78 is 11.1. The molecule has 0 amide bonds. The van der Waals surface area contributed by atoms with Gasteiger partial charge in [0.15, 0.2) is 0 Å². The molecule has 0 aliphatic carbocycles. The Hall–Kier alpha value is -0.850. The summed E-state index contributed by atoms with van der Waals surface area (Å²) in [4.78, 5) is 4.70. The fraction of sp³-hybridized carbons (Fsp3) is 0.929. The fourth-order valence-corrected chi connectivity index (χ4v) is 2.68. The minimum atomic E-state index is -0.0235. The van der Waals surface area contributed by atoms with Crippen LogP contribution >= 0.6 is 0 Å². The van der Waals surface area contributed by atoms with Crippen LogP contribution < -0.4 is 16.6 Å². The van der Waals surface area contributed by atoms with Gasteiger partial charge in [0.25, 0.3) is 0 Å². The number of methoxy groups -OCH3 is 1. The van der Waals surface area contributed by atoms with E-state index in [2.05, 4.69) is 24.6 Å². The summed E-state index contributed by atoms with van der Waals surface area (Å²) in [5, 5.41) is 3.23. The molecule has 0 aromatic carbocycles. The lowest BCUT2D eigenvalue weighted by molar-refractivity contribution is -0.0885. The van der Waals surface area contributed by atoms with Gasteiger partial charge in [-0.25, -0.2) is 10.8 Å². The molecule has 1 aliphatic rings. The molecule has 4 N–H and O–H groups in total. The maximum Gasteiger partial charge on any atom is 0.206 e. The highest BCUT2D eigenvalue weighted by Gasteiger charge is 2.34. The van der Waals surface area contributed by atoms with Crippen molar-refractivity contribution in [2.75, 3.05) is 20.3 Å². The number of ether oxygens (including phenoxy) is 2. The molecule has 118 valence electrons. The topological polar surface area (TPSA) is 80.9 Å². The van der Waals surface area contributed by atoms with E-state index in [4.69, 9.17) is 20.3 Å². The molecule has 0 bridgehead atoms. The number of rotatable bonds is 6. The second-order valence-corrected chi connectivity index (χ2v) is 5.51. The van der Waals surface area contributed by atoms with Crippen molar-refractivity contribution in [3.05, 3.63) is 0 Å². The highest BCUT2D eigenvalue weighted by atomic mass is 16.5. The molecule has 20 heavy (non-hydrogen) atoms. The first-order valence-corrected chi connectivity index (χ1v) is 7.53. The van der Waals surface area contributed by atoms with Crippen LogP contribution in [-0.4, -0.2) is 44.0 Å². The van der Waals surface area contributed by atoms with E-state index < -0.39 is 0 Å². The second kappa shape index (κ2) is 8.44. The van der Waals surface area contributed by atoms with E-state index in [0.717, 1.165) is 32.3 Å². The van der Waals surface area contributed by atoms with Gasteiger partial charge in [-0.2, -0.15) is 0 Å². The molecule has 1 saturated heterocycles. The molecule has 1 aliphatic heterocycles. The van der Waals surface area contributed by atoms with E-state index in [0.29, 0.717) is 12.6 Å². The van der Waals surface area contributed by atoms with Gasteiger partial charge >= 0.3 is 0 Å². The normalized spacial score (nSPS) is 24.2. The van der Waals surface area contributed by atoms with Crippen molar-refractivity contribution >= 4 is 5.96 Å². The number of hydrazine groups is 1. The second-order valence-electron chi connectivity index (χ2n) is 5.51. The standard InChI is InChI=1S/C14H30N4O2/c1-5-14(6-2)9-12(7-8-20-14)17-13(18-15)16-11(3)10-19-4/h11-12H,5-10,15H2,1-4H3,(H2,16,17,18). The molecular formula is C14H30N4O2. The van der Waals surface area contributed by atoms with E-state index in [1.165, 1.54) is 0 Å². The number of nitrogens with two attached hydrogens (primary N) is 1. The fourth-order valence-electron chi connectivity index (χ4n) is 2.68. The summed E-state index contributed by atoms with van der Waals surface area (Å²) in [6.07, 6.45) is 3.93. The Balaban J connectivity index is 2.64. The Morgan fingerprint density at radius 2 is 2.20 bits per heavy atom. The number of nitrogens with one attached hydrogen (secondary N) is 2. The summed E-state index contributed by atoms with van der Waals surface area (Å²) in [5.74, 6) is 6.18. The first kappa shape index (κ1) is 17.2. The monoisotopic (exact) mass is 286 g/mol. The molecule has 1 heterocycles. The van der Waals surface area contributed by atoms with E-state index in [1.54, 1.807) is 7.11 Å². The average Bonchev–Trinajstić information content (AvgIpc) is 2.47. The van der Waals surface area contributed by atoms with Gasteiger partial charge in [-0.15, -0.1) is 0 Å². The molecule has 6 nitrogen and oxygen atoms in total. The molecular weight excluding hydrogens is 256 g/mol. The van der Waals surface area contributed by atoms with Crippen LogP contribution in [0.25, 0.3) is 0 Å². The van der Waals surface area contributed by atoms with Crippen LogP contribution in [0.2, 0.25) is 0 Å². The molecule has 0 spiro atoms. The third-order valence-corrected chi connectivity index (χ3v) is 4.00. The zero-order valence-electron chi connectivity index (χ0n) is 13.2. The lowest BCUT2D eigenvalue weighted by Crippen LogP contribution is -2.48. The SMILES string of the molecule is CCC1(CC)CC(N=C(NN)NC(C)COC)CCO1. The predicted molar refractivity (Wildman–Crippen MR) is 81.5 cm³/mol. The number of guanidine groups is 1. The van der Waals surface area contributed by atoms with Crippen molar-refractivity contribution in [3.8, 4) is 0 Å². The maximum atomic E-state index is 5.97. The van der Waals surface area contributed by atoms with E-state index >= 15 is 0 Å². The van der Waals surface area contributed by atoms with Crippen LogP contribution in [0, 0.1) is 0 Å². The third-order valence-electron chi connectivity index (χ3n) is 4.00. The Bertz CT molecular complexity index is 306. The molecule has 1 fully saturated rings. The highest BCUT2D eigenvalue weighted by Crippen LogP contribution is 2.32. The Morgan fingerprint density at radius 1 is 1.50 bits per heavy atom. The highest BCUT2D eigenvalue weighted by molar-refractivity contribution is 5.79. The number of aliphatic imine (C=N–C) groups is 1. The van der Waals surface area contributed by atoms with Gasteiger partial charge in [0, 0.05) is 19.8 Å². The van der Waals surface area contributed by atoms with Gasteiger partial charge in [0.1, 0.15) is 0 Å². The van der Waals surface area contributed by atoms with Crippen molar-refractivity contribution < 1.29 is 9.47 Å². The van der Waals surface area contributed by atoms with Crippen LogP contribution in [0.4, 0.5) is 0 Å². The maximum absolute atomic E-state index is 5.97. The Labute approximate surface area is 122 Å². The van der Waals surface area contributed by atoms with E-state index in [-0.39, 0.29) is 17.7 Å². The smallest absolute Gasteiger partial charge is 0.206 e. The molecule has 0 aromatic rings. The van der Waals surface area contributed by atoms with Crippen LogP contribution in [0.3, 0.4) is 0 Å². The van der Waals surface area contributed by atoms with Crippen molar-refractivity contribution in [2.45, 2.75) is 64.1 Å². The third kappa shape index (κ3) is 4.92. The molecule has 0 aromatic heterocycles. The van der Waals surface area contributed by atoms with Gasteiger partial charge < -0.3 is 14.8 Å². The zero-order valence-corrected chi connectivity index (χ0v) is 13.2. The summed E-state index contributed by atoms with van der Waals surface area (Å²) in [6.45, 7) is 7.76. The summed E-state index contributed by atoms with van der Waals surface area (Å²) >= 11 is 0. The van der Waals surface area contributed by atoms with Crippen LogP contribution in [0.1, 0.15) is 46.5 Å². The molecule has 1 rings (SSSR count). The average molecular weight is 286 g/mol. The van der Waals surface area contributed by atoms with E-state index in [9.17, 15) is 0 Å². The summed E-state index contributed by atoms with van der Waals surface area (Å²) in [7, 11) is 1.68. The van der Waals surface area contributed by atoms with Gasteiger partial charge in [-0.1, -0.05) is 13.8 Å². The summed E-state index contributed by atoms with van der Waals surface area (Å²) in [6, 6.07) is 0.411. The van der Waals surface area contributed by atoms with Crippen LogP contribution in [0.15, 0.2) is 4.99 Å². The first-order chi connectivity index (χ1) is 9.59. The lowest BCUT2D eigenvalue weighted by atomic mass is 9.86. The minimum absolute atomic E-state index is 0.0235. The lowest BCUT2D eigenvalue weighted by Gasteiger charge is -2.38. The van der Waals surface area contributed by atoms with Gasteiger partial charge in [0.05, 0.1) is 18.2 Å². The zero-order chi connectivity index (χ0) is 15.0. The van der Waals surface area contributed by atoms with E-state index in [1.807, 2.05) is 6.92 Å². The van der Waals surface area contributed by atoms with Crippen LogP contribution in [0.5, 0.6) is 0 Å². The number of hydrogen-bond donors (Lipinski definition) is 3. The van der Waals surface area contributed by atoms with Gasteiger partial charge in [0.2, 0.25) is 5.96 Å². The van der Waals surface area contributed by atoms with Crippen molar-refractivity contribution in [3.63, 3.8) is 0 Å². The van der Waals surface area contributed by atoms with Crippen molar-refractivity contribution in [1.29, 1.82) is 0 Å².